The van der Waals surface area contributed by atoms with Gasteiger partial charge in [0, 0.05) is 12.6 Å². The van der Waals surface area contributed by atoms with E-state index in [-0.39, 0.29) is 17.2 Å². The van der Waals surface area contributed by atoms with Crippen LogP contribution in [0.25, 0.3) is 0 Å². The van der Waals surface area contributed by atoms with E-state index < -0.39 is 0 Å². The van der Waals surface area contributed by atoms with Gasteiger partial charge in [0.25, 0.3) is 5.91 Å². The van der Waals surface area contributed by atoms with Crippen LogP contribution in [0.3, 0.4) is 0 Å². The van der Waals surface area contributed by atoms with Crippen molar-refractivity contribution in [3.05, 3.63) is 23.8 Å². The maximum atomic E-state index is 11.8. The molecule has 5 heteroatoms. The number of phenols is 1. The van der Waals surface area contributed by atoms with Crippen molar-refractivity contribution >= 4 is 17.7 Å². The van der Waals surface area contributed by atoms with Crippen LogP contribution < -0.4 is 10.1 Å². The van der Waals surface area contributed by atoms with E-state index in [0.29, 0.717) is 12.3 Å². The van der Waals surface area contributed by atoms with E-state index >= 15 is 0 Å². The number of hydrogen-bond acceptors (Lipinski definition) is 4. The normalized spacial score (nSPS) is 10.1. The maximum absolute atomic E-state index is 11.8. The fourth-order valence-electron chi connectivity index (χ4n) is 1.50. The summed E-state index contributed by atoms with van der Waals surface area (Å²) >= 11 is 1.80. The zero-order chi connectivity index (χ0) is 13.4. The minimum atomic E-state index is -0.251. The molecule has 100 valence electrons. The Labute approximate surface area is 112 Å². The van der Waals surface area contributed by atoms with E-state index in [1.165, 1.54) is 13.2 Å². The number of phenolic OH excluding ortho intramolecular Hbond substituents is 1. The minimum Gasteiger partial charge on any atom is -0.507 e. The number of methoxy groups -OCH3 is 1. The first-order valence-electron chi connectivity index (χ1n) is 5.83. The van der Waals surface area contributed by atoms with Crippen molar-refractivity contribution in [2.24, 2.45) is 0 Å². The van der Waals surface area contributed by atoms with Gasteiger partial charge in [-0.25, -0.2) is 0 Å². The number of amides is 1. The number of nitrogens with one attached hydrogen (secondary N) is 1. The molecule has 0 fully saturated rings. The van der Waals surface area contributed by atoms with Gasteiger partial charge < -0.3 is 15.2 Å². The highest BCUT2D eigenvalue weighted by Crippen LogP contribution is 2.23. The highest BCUT2D eigenvalue weighted by atomic mass is 32.2. The molecule has 1 amide bonds. The van der Waals surface area contributed by atoms with Crippen LogP contribution >= 0.6 is 11.8 Å². The average Bonchev–Trinajstić information content (AvgIpc) is 2.38. The van der Waals surface area contributed by atoms with Crippen molar-refractivity contribution in [2.75, 3.05) is 25.7 Å². The summed E-state index contributed by atoms with van der Waals surface area (Å²) in [5, 5.41) is 12.5. The first-order valence-corrected chi connectivity index (χ1v) is 7.22. The molecule has 0 aliphatic carbocycles. The van der Waals surface area contributed by atoms with Crippen molar-refractivity contribution in [3.63, 3.8) is 0 Å². The van der Waals surface area contributed by atoms with Crippen LogP contribution in [0.5, 0.6) is 11.5 Å². The number of benzene rings is 1. The summed E-state index contributed by atoms with van der Waals surface area (Å²) in [6.45, 7) is 0.630. The number of ether oxygens (including phenoxy) is 1. The van der Waals surface area contributed by atoms with Gasteiger partial charge in [0.15, 0.2) is 0 Å². The number of hydrogen-bond donors (Lipinski definition) is 2. The van der Waals surface area contributed by atoms with E-state index in [2.05, 4.69) is 11.6 Å². The van der Waals surface area contributed by atoms with Gasteiger partial charge in [-0.2, -0.15) is 11.8 Å². The molecule has 1 rings (SSSR count). The van der Waals surface area contributed by atoms with Crippen molar-refractivity contribution in [1.29, 1.82) is 0 Å². The molecule has 1 aromatic rings. The topological polar surface area (TPSA) is 58.6 Å². The molecule has 0 spiro atoms. The monoisotopic (exact) mass is 269 g/mol. The molecular formula is C13H19NO3S. The summed E-state index contributed by atoms with van der Waals surface area (Å²) in [6, 6.07) is 4.65. The van der Waals surface area contributed by atoms with E-state index in [9.17, 15) is 9.90 Å². The Kier molecular flexibility index (Phi) is 6.43. The smallest absolute Gasteiger partial charge is 0.255 e. The minimum absolute atomic E-state index is 0.0593. The third kappa shape index (κ3) is 4.49. The van der Waals surface area contributed by atoms with Crippen molar-refractivity contribution in [1.82, 2.24) is 5.32 Å². The largest absolute Gasteiger partial charge is 0.507 e. The lowest BCUT2D eigenvalue weighted by molar-refractivity contribution is 0.0950. The Hall–Kier alpha value is -1.36. The van der Waals surface area contributed by atoms with Gasteiger partial charge in [0.2, 0.25) is 0 Å². The third-order valence-electron chi connectivity index (χ3n) is 2.51. The fourth-order valence-corrected chi connectivity index (χ4v) is 1.99. The highest BCUT2D eigenvalue weighted by Gasteiger charge is 2.11. The van der Waals surface area contributed by atoms with Crippen LogP contribution in [0, 0.1) is 0 Å². The summed E-state index contributed by atoms with van der Waals surface area (Å²) in [6.07, 6.45) is 4.09. The zero-order valence-corrected chi connectivity index (χ0v) is 11.5. The van der Waals surface area contributed by atoms with E-state index in [0.717, 1.165) is 18.6 Å². The molecule has 0 bridgehead atoms. The Morgan fingerprint density at radius 3 is 2.83 bits per heavy atom. The van der Waals surface area contributed by atoms with Gasteiger partial charge >= 0.3 is 0 Å². The predicted octanol–water partition coefficient (Wildman–Crippen LogP) is 2.27. The second-order valence-corrected chi connectivity index (χ2v) is 4.82. The summed E-state index contributed by atoms with van der Waals surface area (Å²) < 4.78 is 4.96. The SMILES string of the molecule is COc1ccc(C(=O)NCCCCSC)c(O)c1. The second kappa shape index (κ2) is 7.87. The lowest BCUT2D eigenvalue weighted by atomic mass is 10.1. The number of carbonyl (C=O) groups is 1. The van der Waals surface area contributed by atoms with Crippen molar-refractivity contribution in [3.8, 4) is 11.5 Å². The van der Waals surface area contributed by atoms with Gasteiger partial charge in [-0.1, -0.05) is 0 Å². The summed E-state index contributed by atoms with van der Waals surface area (Å²) in [4.78, 5) is 11.8. The van der Waals surface area contributed by atoms with Gasteiger partial charge in [0.1, 0.15) is 11.5 Å². The van der Waals surface area contributed by atoms with Crippen LogP contribution in [0.1, 0.15) is 23.2 Å². The molecular weight excluding hydrogens is 250 g/mol. The second-order valence-electron chi connectivity index (χ2n) is 3.84. The molecule has 0 aliphatic heterocycles. The van der Waals surface area contributed by atoms with Crippen LogP contribution in [0.15, 0.2) is 18.2 Å². The van der Waals surface area contributed by atoms with E-state index in [1.54, 1.807) is 23.9 Å². The molecule has 18 heavy (non-hydrogen) atoms. The molecule has 4 nitrogen and oxygen atoms in total. The van der Waals surface area contributed by atoms with Gasteiger partial charge in [0.05, 0.1) is 12.7 Å². The first-order chi connectivity index (χ1) is 8.69. The van der Waals surface area contributed by atoms with Gasteiger partial charge in [-0.15, -0.1) is 0 Å². The Bertz CT molecular complexity index is 396. The molecule has 0 saturated heterocycles. The van der Waals surface area contributed by atoms with E-state index in [4.69, 9.17) is 4.74 Å². The molecule has 2 N–H and O–H groups in total. The molecule has 1 aromatic carbocycles. The quantitative estimate of drug-likeness (QED) is 0.746. The van der Waals surface area contributed by atoms with Gasteiger partial charge in [-0.3, -0.25) is 4.79 Å². The lowest BCUT2D eigenvalue weighted by Crippen LogP contribution is -2.24. The zero-order valence-electron chi connectivity index (χ0n) is 10.7. The third-order valence-corrected chi connectivity index (χ3v) is 3.21. The summed E-state index contributed by atoms with van der Waals surface area (Å²) in [5.74, 6) is 1.32. The number of rotatable bonds is 7. The van der Waals surface area contributed by atoms with Crippen LogP contribution in [0.4, 0.5) is 0 Å². The lowest BCUT2D eigenvalue weighted by Gasteiger charge is -2.08. The summed E-state index contributed by atoms with van der Waals surface area (Å²) in [5.41, 5.74) is 0.278. The maximum Gasteiger partial charge on any atom is 0.255 e. The van der Waals surface area contributed by atoms with Crippen LogP contribution in [-0.2, 0) is 0 Å². The fraction of sp³-hybridized carbons (Fsp3) is 0.462. The van der Waals surface area contributed by atoms with Crippen molar-refractivity contribution in [2.45, 2.75) is 12.8 Å². The first kappa shape index (κ1) is 14.7. The highest BCUT2D eigenvalue weighted by molar-refractivity contribution is 7.98. The van der Waals surface area contributed by atoms with E-state index in [1.807, 2.05) is 0 Å². The molecule has 0 aromatic heterocycles. The Balaban J connectivity index is 2.46. The number of aromatic hydroxyl groups is 1. The predicted molar refractivity (Wildman–Crippen MR) is 74.6 cm³/mol. The molecule has 0 radical (unpaired) electrons. The molecule has 0 atom stereocenters. The van der Waals surface area contributed by atoms with Crippen molar-refractivity contribution < 1.29 is 14.6 Å². The molecule has 0 unspecified atom stereocenters. The Morgan fingerprint density at radius 1 is 1.44 bits per heavy atom. The molecule has 0 saturated carbocycles. The molecule has 0 heterocycles. The standard InChI is InChI=1S/C13H19NO3S/c1-17-10-5-6-11(12(15)9-10)13(16)14-7-3-4-8-18-2/h5-6,9,15H,3-4,7-8H2,1-2H3,(H,14,16). The number of carbonyl (C=O) groups excluding carboxylic acids is 1. The van der Waals surface area contributed by atoms with Crippen LogP contribution in [-0.4, -0.2) is 36.7 Å². The summed E-state index contributed by atoms with van der Waals surface area (Å²) in [7, 11) is 1.51. The molecule has 0 aliphatic rings. The average molecular weight is 269 g/mol. The Morgan fingerprint density at radius 2 is 2.22 bits per heavy atom. The van der Waals surface area contributed by atoms with Gasteiger partial charge in [-0.05, 0) is 37.0 Å². The van der Waals surface area contributed by atoms with Crippen LogP contribution in [0.2, 0.25) is 0 Å². The number of unbranched alkanes of at least 4 members (excludes halogenated alkanes) is 1. The number of thioether (sulfide) groups is 1.